The number of ether oxygens (including phenoxy) is 1. The average Bonchev–Trinajstić information content (AvgIpc) is 3.43. The summed E-state index contributed by atoms with van der Waals surface area (Å²) in [5, 5.41) is 7.12. The van der Waals surface area contributed by atoms with Crippen molar-refractivity contribution in [2.45, 2.75) is 44.1 Å². The number of hydrogen-bond donors (Lipinski definition) is 1. The number of hydrogen-bond acceptors (Lipinski definition) is 5. The summed E-state index contributed by atoms with van der Waals surface area (Å²) in [6, 6.07) is 4.61. The third-order valence-corrected chi connectivity index (χ3v) is 6.24. The Labute approximate surface area is 184 Å². The van der Waals surface area contributed by atoms with Crippen LogP contribution in [0.25, 0.3) is 0 Å². The van der Waals surface area contributed by atoms with Crippen LogP contribution in [-0.2, 0) is 16.1 Å². The van der Waals surface area contributed by atoms with Gasteiger partial charge in [0.1, 0.15) is 0 Å². The van der Waals surface area contributed by atoms with E-state index in [4.69, 9.17) is 14.6 Å². The average molecular weight is 458 g/mol. The van der Waals surface area contributed by atoms with E-state index in [0.29, 0.717) is 5.92 Å². The number of alkyl halides is 3. The third kappa shape index (κ3) is 5.89. The van der Waals surface area contributed by atoms with Crippen LogP contribution in [0.15, 0.2) is 24.5 Å². The standard InChI is InChI=1S/C19H28N4O2.C2HF3O2/c1-25-18-6-10-23(19(24)22-8-2-3-9-22)17-14-21(13-16(17)18)12-15-5-4-7-20-11-15;3-2(4,5)1(6)7/h4-5,7,11,16-18H,2-3,6,8-10,12-14H2,1H3;(H,6,7)/t16-,17+,18+;/m0./s1. The fourth-order valence-electron chi connectivity index (χ4n) is 4.73. The maximum Gasteiger partial charge on any atom is 0.490 e. The molecule has 1 aromatic rings. The zero-order valence-electron chi connectivity index (χ0n) is 18.0. The fraction of sp³-hybridized carbons (Fsp3) is 0.667. The molecule has 3 fully saturated rings. The van der Waals surface area contributed by atoms with E-state index in [0.717, 1.165) is 58.5 Å². The van der Waals surface area contributed by atoms with Gasteiger partial charge in [0.05, 0.1) is 12.1 Å². The van der Waals surface area contributed by atoms with Gasteiger partial charge in [0, 0.05) is 64.7 Å². The summed E-state index contributed by atoms with van der Waals surface area (Å²) < 4.78 is 37.5. The number of carbonyl (C=O) groups is 2. The fourth-order valence-corrected chi connectivity index (χ4v) is 4.73. The summed E-state index contributed by atoms with van der Waals surface area (Å²) in [5.41, 5.74) is 1.23. The Hall–Kier alpha value is -2.40. The first-order valence-electron chi connectivity index (χ1n) is 10.7. The highest BCUT2D eigenvalue weighted by Gasteiger charge is 2.46. The molecule has 0 radical (unpaired) electrons. The van der Waals surface area contributed by atoms with Gasteiger partial charge in [0.15, 0.2) is 0 Å². The van der Waals surface area contributed by atoms with E-state index < -0.39 is 12.1 Å². The minimum Gasteiger partial charge on any atom is -0.475 e. The first-order chi connectivity index (χ1) is 15.2. The number of aromatic nitrogens is 1. The van der Waals surface area contributed by atoms with E-state index >= 15 is 0 Å². The number of methoxy groups -OCH3 is 1. The van der Waals surface area contributed by atoms with Gasteiger partial charge in [-0.1, -0.05) is 6.07 Å². The number of likely N-dealkylation sites (tertiary alicyclic amines) is 3. The first-order valence-corrected chi connectivity index (χ1v) is 10.7. The van der Waals surface area contributed by atoms with Crippen molar-refractivity contribution in [3.05, 3.63) is 30.1 Å². The lowest BCUT2D eigenvalue weighted by Gasteiger charge is -2.42. The molecule has 0 saturated carbocycles. The summed E-state index contributed by atoms with van der Waals surface area (Å²) in [4.78, 5) is 32.7. The molecule has 0 aromatic carbocycles. The van der Waals surface area contributed by atoms with E-state index in [1.54, 1.807) is 0 Å². The lowest BCUT2D eigenvalue weighted by atomic mass is 9.89. The maximum absolute atomic E-state index is 13.0. The van der Waals surface area contributed by atoms with Crippen LogP contribution in [0, 0.1) is 5.92 Å². The number of rotatable bonds is 3. The number of halogens is 3. The molecule has 3 saturated heterocycles. The number of pyridine rings is 1. The number of piperidine rings is 1. The van der Waals surface area contributed by atoms with Crippen molar-refractivity contribution in [2.75, 3.05) is 39.8 Å². The summed E-state index contributed by atoms with van der Waals surface area (Å²) in [7, 11) is 1.81. The normalized spacial score (nSPS) is 25.8. The molecule has 3 aliphatic rings. The number of carboxylic acids is 1. The molecule has 3 aliphatic heterocycles. The lowest BCUT2D eigenvalue weighted by Crippen LogP contribution is -2.56. The van der Waals surface area contributed by atoms with Crippen molar-refractivity contribution in [1.29, 1.82) is 0 Å². The molecule has 8 nitrogen and oxygen atoms in total. The van der Waals surface area contributed by atoms with Crippen LogP contribution in [-0.4, -0.2) is 94.9 Å². The molecule has 178 valence electrons. The molecular weight excluding hydrogens is 429 g/mol. The van der Waals surface area contributed by atoms with Crippen molar-refractivity contribution in [2.24, 2.45) is 5.92 Å². The van der Waals surface area contributed by atoms with Crippen LogP contribution < -0.4 is 0 Å². The second-order valence-electron chi connectivity index (χ2n) is 8.32. The van der Waals surface area contributed by atoms with Crippen LogP contribution >= 0.6 is 0 Å². The first kappa shape index (κ1) is 24.2. The van der Waals surface area contributed by atoms with Crippen molar-refractivity contribution in [1.82, 2.24) is 19.7 Å². The van der Waals surface area contributed by atoms with Crippen molar-refractivity contribution in [3.8, 4) is 0 Å². The van der Waals surface area contributed by atoms with Crippen LogP contribution in [0.1, 0.15) is 24.8 Å². The van der Waals surface area contributed by atoms with Crippen molar-refractivity contribution < 1.29 is 32.6 Å². The Bertz CT molecular complexity index is 774. The zero-order chi connectivity index (χ0) is 23.3. The predicted octanol–water partition coefficient (Wildman–Crippen LogP) is 2.45. The van der Waals surface area contributed by atoms with Gasteiger partial charge in [0.25, 0.3) is 0 Å². The largest absolute Gasteiger partial charge is 0.490 e. The smallest absolute Gasteiger partial charge is 0.475 e. The Morgan fingerprint density at radius 2 is 1.91 bits per heavy atom. The lowest BCUT2D eigenvalue weighted by molar-refractivity contribution is -0.192. The van der Waals surface area contributed by atoms with Gasteiger partial charge in [-0.25, -0.2) is 9.59 Å². The Balaban J connectivity index is 0.000000360. The van der Waals surface area contributed by atoms with E-state index in [9.17, 15) is 18.0 Å². The van der Waals surface area contributed by atoms with Crippen LogP contribution in [0.4, 0.5) is 18.0 Å². The van der Waals surface area contributed by atoms with E-state index in [1.807, 2.05) is 30.5 Å². The topological polar surface area (TPSA) is 86.2 Å². The quantitative estimate of drug-likeness (QED) is 0.749. The Morgan fingerprint density at radius 3 is 2.47 bits per heavy atom. The van der Waals surface area contributed by atoms with Crippen LogP contribution in [0.3, 0.4) is 0 Å². The molecule has 2 amide bonds. The molecule has 0 aliphatic carbocycles. The van der Waals surface area contributed by atoms with Gasteiger partial charge in [-0.05, 0) is 30.9 Å². The highest BCUT2D eigenvalue weighted by molar-refractivity contribution is 5.75. The van der Waals surface area contributed by atoms with E-state index in [-0.39, 0.29) is 18.2 Å². The molecule has 4 rings (SSSR count). The van der Waals surface area contributed by atoms with Gasteiger partial charge < -0.3 is 19.6 Å². The molecule has 0 spiro atoms. The third-order valence-electron chi connectivity index (χ3n) is 6.24. The minimum atomic E-state index is -5.08. The highest BCUT2D eigenvalue weighted by atomic mass is 19.4. The number of amides is 2. The van der Waals surface area contributed by atoms with Gasteiger partial charge in [-0.2, -0.15) is 13.2 Å². The second kappa shape index (κ2) is 10.5. The van der Waals surface area contributed by atoms with Crippen molar-refractivity contribution in [3.63, 3.8) is 0 Å². The maximum atomic E-state index is 13.0. The number of nitrogens with zero attached hydrogens (tertiary/aromatic N) is 4. The highest BCUT2D eigenvalue weighted by Crippen LogP contribution is 2.34. The van der Waals surface area contributed by atoms with E-state index in [1.165, 1.54) is 5.56 Å². The Morgan fingerprint density at radius 1 is 1.22 bits per heavy atom. The molecule has 1 aromatic heterocycles. The summed E-state index contributed by atoms with van der Waals surface area (Å²) in [6.07, 6.45) is 2.14. The molecule has 1 N–H and O–H groups in total. The number of urea groups is 1. The van der Waals surface area contributed by atoms with Gasteiger partial charge >= 0.3 is 18.2 Å². The summed E-state index contributed by atoms with van der Waals surface area (Å²) in [5.74, 6) is -2.35. The number of fused-ring (bicyclic) bond motifs is 1. The SMILES string of the molecule is CO[C@@H]1CCN(C(=O)N2CCCC2)[C@@H]2CN(Cc3cccnc3)C[C@@H]21.O=C(O)C(F)(F)F. The minimum absolute atomic E-state index is 0.241. The second-order valence-corrected chi connectivity index (χ2v) is 8.32. The van der Waals surface area contributed by atoms with Crippen LogP contribution in [0.5, 0.6) is 0 Å². The summed E-state index contributed by atoms with van der Waals surface area (Å²) >= 11 is 0. The van der Waals surface area contributed by atoms with Gasteiger partial charge in [-0.3, -0.25) is 9.88 Å². The molecule has 11 heteroatoms. The van der Waals surface area contributed by atoms with Crippen molar-refractivity contribution >= 4 is 12.0 Å². The Kier molecular flexibility index (Phi) is 7.94. The summed E-state index contributed by atoms with van der Waals surface area (Å²) in [6.45, 7) is 5.46. The molecule has 3 atom stereocenters. The molecular formula is C21H29F3N4O4. The molecule has 0 unspecified atom stereocenters. The van der Waals surface area contributed by atoms with E-state index in [2.05, 4.69) is 20.9 Å². The molecule has 4 heterocycles. The predicted molar refractivity (Wildman–Crippen MR) is 109 cm³/mol. The van der Waals surface area contributed by atoms with Crippen LogP contribution in [0.2, 0.25) is 0 Å². The van der Waals surface area contributed by atoms with Gasteiger partial charge in [-0.15, -0.1) is 0 Å². The number of carbonyl (C=O) groups excluding carboxylic acids is 1. The monoisotopic (exact) mass is 458 g/mol. The molecule has 0 bridgehead atoms. The number of carboxylic acid groups (broad SMARTS) is 1. The van der Waals surface area contributed by atoms with Gasteiger partial charge in [0.2, 0.25) is 0 Å². The zero-order valence-corrected chi connectivity index (χ0v) is 18.0. The number of aliphatic carboxylic acids is 1. The molecule has 32 heavy (non-hydrogen) atoms.